The summed E-state index contributed by atoms with van der Waals surface area (Å²) >= 11 is 9.32. The van der Waals surface area contributed by atoms with Crippen LogP contribution in [0.4, 0.5) is 11.5 Å². The number of pyridine rings is 1. The summed E-state index contributed by atoms with van der Waals surface area (Å²) in [4.78, 5) is 15.1. The Labute approximate surface area is 123 Å². The summed E-state index contributed by atoms with van der Waals surface area (Å²) in [5, 5.41) is 12.6. The third-order valence-electron chi connectivity index (χ3n) is 2.51. The zero-order valence-corrected chi connectivity index (χ0v) is 12.3. The van der Waals surface area contributed by atoms with Crippen LogP contribution < -0.4 is 5.32 Å². The fourth-order valence-electron chi connectivity index (χ4n) is 1.59. The average Bonchev–Trinajstić information content (AvgIpc) is 2.33. The highest BCUT2D eigenvalue weighted by Crippen LogP contribution is 2.28. The lowest BCUT2D eigenvalue weighted by molar-refractivity contribution is 0.0695. The van der Waals surface area contributed by atoms with Gasteiger partial charge in [0.1, 0.15) is 5.82 Å². The normalized spacial score (nSPS) is 10.3. The van der Waals surface area contributed by atoms with Crippen LogP contribution in [0.5, 0.6) is 0 Å². The Balaban J connectivity index is 2.31. The molecule has 2 rings (SSSR count). The molecule has 0 atom stereocenters. The van der Waals surface area contributed by atoms with Gasteiger partial charge in [0.05, 0.1) is 16.9 Å². The van der Waals surface area contributed by atoms with Crippen LogP contribution in [0, 0.1) is 6.92 Å². The van der Waals surface area contributed by atoms with Gasteiger partial charge in [0, 0.05) is 9.50 Å². The molecule has 0 saturated carbocycles. The summed E-state index contributed by atoms with van der Waals surface area (Å²) in [7, 11) is 0. The molecular formula is C13H10BrClN2O2. The van der Waals surface area contributed by atoms with E-state index in [2.05, 4.69) is 26.2 Å². The molecule has 19 heavy (non-hydrogen) atoms. The number of aromatic nitrogens is 1. The fraction of sp³-hybridized carbons (Fsp3) is 0.0769. The minimum atomic E-state index is -0.986. The molecule has 98 valence electrons. The number of carboxylic acids is 1. The maximum Gasteiger partial charge on any atom is 0.337 e. The summed E-state index contributed by atoms with van der Waals surface area (Å²) in [6, 6.07) is 8.48. The lowest BCUT2D eigenvalue weighted by atomic mass is 10.2. The molecule has 2 aromatic rings. The van der Waals surface area contributed by atoms with Crippen molar-refractivity contribution < 1.29 is 9.90 Å². The van der Waals surface area contributed by atoms with E-state index in [0.29, 0.717) is 16.5 Å². The Bertz CT molecular complexity index is 647. The highest BCUT2D eigenvalue weighted by atomic mass is 79.9. The van der Waals surface area contributed by atoms with Crippen LogP contribution in [0.3, 0.4) is 0 Å². The zero-order valence-electron chi connectivity index (χ0n) is 9.95. The second-order valence-corrected chi connectivity index (χ2v) is 5.17. The van der Waals surface area contributed by atoms with Crippen molar-refractivity contribution in [3.05, 3.63) is 51.1 Å². The van der Waals surface area contributed by atoms with Gasteiger partial charge in [-0.05, 0) is 53.2 Å². The Morgan fingerprint density at radius 2 is 2.11 bits per heavy atom. The van der Waals surface area contributed by atoms with Gasteiger partial charge in [-0.1, -0.05) is 11.6 Å². The second-order valence-electron chi connectivity index (χ2n) is 3.88. The largest absolute Gasteiger partial charge is 0.478 e. The molecule has 0 radical (unpaired) electrons. The van der Waals surface area contributed by atoms with Crippen LogP contribution in [0.1, 0.15) is 16.1 Å². The zero-order chi connectivity index (χ0) is 14.0. The van der Waals surface area contributed by atoms with Crippen LogP contribution in [-0.2, 0) is 0 Å². The molecular weight excluding hydrogens is 332 g/mol. The van der Waals surface area contributed by atoms with Crippen molar-refractivity contribution in [2.45, 2.75) is 6.92 Å². The summed E-state index contributed by atoms with van der Waals surface area (Å²) in [5.74, 6) is -0.425. The van der Waals surface area contributed by atoms with Crippen molar-refractivity contribution in [1.29, 1.82) is 0 Å². The molecule has 4 nitrogen and oxygen atoms in total. The number of carbonyl (C=O) groups is 1. The highest BCUT2D eigenvalue weighted by molar-refractivity contribution is 9.10. The van der Waals surface area contributed by atoms with Gasteiger partial charge >= 0.3 is 5.97 Å². The lowest BCUT2D eigenvalue weighted by Crippen LogP contribution is -2.03. The molecule has 1 heterocycles. The predicted octanol–water partition coefficient (Wildman–Crippen LogP) is 4.25. The van der Waals surface area contributed by atoms with Crippen LogP contribution in [-0.4, -0.2) is 16.1 Å². The highest BCUT2D eigenvalue weighted by Gasteiger charge is 2.09. The van der Waals surface area contributed by atoms with Gasteiger partial charge < -0.3 is 10.4 Å². The quantitative estimate of drug-likeness (QED) is 0.876. The van der Waals surface area contributed by atoms with Crippen LogP contribution in [0.15, 0.2) is 34.8 Å². The predicted molar refractivity (Wildman–Crippen MR) is 78.4 cm³/mol. The molecule has 0 bridgehead atoms. The number of anilines is 2. The number of carboxylic acid groups (broad SMARTS) is 1. The van der Waals surface area contributed by atoms with E-state index in [1.165, 1.54) is 6.07 Å². The van der Waals surface area contributed by atoms with Gasteiger partial charge in [-0.15, -0.1) is 0 Å². The lowest BCUT2D eigenvalue weighted by Gasteiger charge is -2.09. The number of hydrogen-bond acceptors (Lipinski definition) is 3. The van der Waals surface area contributed by atoms with E-state index in [1.54, 1.807) is 25.1 Å². The Morgan fingerprint density at radius 1 is 1.37 bits per heavy atom. The smallest absolute Gasteiger partial charge is 0.337 e. The van der Waals surface area contributed by atoms with Crippen molar-refractivity contribution in [1.82, 2.24) is 4.98 Å². The van der Waals surface area contributed by atoms with Crippen molar-refractivity contribution in [2.24, 2.45) is 0 Å². The first-order chi connectivity index (χ1) is 8.97. The van der Waals surface area contributed by atoms with Gasteiger partial charge in [0.2, 0.25) is 0 Å². The molecule has 0 aliphatic rings. The molecule has 0 spiro atoms. The van der Waals surface area contributed by atoms with Gasteiger partial charge in [0.15, 0.2) is 0 Å². The standard InChI is InChI=1S/C13H10BrClN2O2/c1-7-9(13(18)19)3-5-12(16-7)17-11-6-8(15)2-4-10(11)14/h2-6H,1H3,(H,16,17)(H,18,19). The SMILES string of the molecule is Cc1nc(Nc2cc(Cl)ccc2Br)ccc1C(=O)O. The summed E-state index contributed by atoms with van der Waals surface area (Å²) in [6.45, 7) is 1.65. The molecule has 1 aromatic heterocycles. The van der Waals surface area contributed by atoms with E-state index in [0.717, 1.165) is 10.2 Å². The van der Waals surface area contributed by atoms with Crippen molar-refractivity contribution >= 4 is 45.0 Å². The number of rotatable bonds is 3. The maximum absolute atomic E-state index is 10.9. The molecule has 0 amide bonds. The van der Waals surface area contributed by atoms with Gasteiger partial charge in [-0.25, -0.2) is 9.78 Å². The first-order valence-electron chi connectivity index (χ1n) is 5.40. The molecule has 0 aliphatic carbocycles. The van der Waals surface area contributed by atoms with Gasteiger partial charge in [0.25, 0.3) is 0 Å². The first-order valence-corrected chi connectivity index (χ1v) is 6.57. The summed E-state index contributed by atoms with van der Waals surface area (Å²) in [5.41, 5.74) is 1.41. The van der Waals surface area contributed by atoms with Crippen molar-refractivity contribution in [3.63, 3.8) is 0 Å². The van der Waals surface area contributed by atoms with Crippen LogP contribution in [0.2, 0.25) is 5.02 Å². The van der Waals surface area contributed by atoms with E-state index in [-0.39, 0.29) is 5.56 Å². The van der Waals surface area contributed by atoms with E-state index >= 15 is 0 Å². The van der Waals surface area contributed by atoms with Crippen molar-refractivity contribution in [3.8, 4) is 0 Å². The Kier molecular flexibility index (Phi) is 4.07. The third-order valence-corrected chi connectivity index (χ3v) is 3.43. The number of benzene rings is 1. The second kappa shape index (κ2) is 5.59. The minimum Gasteiger partial charge on any atom is -0.478 e. The molecule has 0 fully saturated rings. The topological polar surface area (TPSA) is 62.2 Å². The molecule has 0 aliphatic heterocycles. The summed E-state index contributed by atoms with van der Waals surface area (Å²) in [6.07, 6.45) is 0. The minimum absolute atomic E-state index is 0.190. The van der Waals surface area contributed by atoms with E-state index in [4.69, 9.17) is 16.7 Å². The van der Waals surface area contributed by atoms with Gasteiger partial charge in [-0.3, -0.25) is 0 Å². The van der Waals surface area contributed by atoms with E-state index < -0.39 is 5.97 Å². The fourth-order valence-corrected chi connectivity index (χ4v) is 2.11. The molecule has 1 aromatic carbocycles. The van der Waals surface area contributed by atoms with Crippen molar-refractivity contribution in [2.75, 3.05) is 5.32 Å². The van der Waals surface area contributed by atoms with E-state index in [9.17, 15) is 4.79 Å². The van der Waals surface area contributed by atoms with Crippen LogP contribution >= 0.6 is 27.5 Å². The number of nitrogens with zero attached hydrogens (tertiary/aromatic N) is 1. The Morgan fingerprint density at radius 3 is 2.74 bits per heavy atom. The maximum atomic E-state index is 10.9. The number of nitrogens with one attached hydrogen (secondary N) is 1. The number of aryl methyl sites for hydroxylation is 1. The average molecular weight is 342 g/mol. The molecule has 0 saturated heterocycles. The molecule has 0 unspecified atom stereocenters. The van der Waals surface area contributed by atoms with Gasteiger partial charge in [-0.2, -0.15) is 0 Å². The number of hydrogen-bond donors (Lipinski definition) is 2. The molecule has 2 N–H and O–H groups in total. The van der Waals surface area contributed by atoms with E-state index in [1.807, 2.05) is 6.07 Å². The number of aromatic carboxylic acids is 1. The van der Waals surface area contributed by atoms with Crippen LogP contribution in [0.25, 0.3) is 0 Å². The molecule has 6 heteroatoms. The first kappa shape index (κ1) is 13.8. The monoisotopic (exact) mass is 340 g/mol. The summed E-state index contributed by atoms with van der Waals surface area (Å²) < 4.78 is 0.846. The number of halogens is 2. The third kappa shape index (κ3) is 3.24. The Hall–Kier alpha value is -1.59.